The molecule has 0 aliphatic rings. The second kappa shape index (κ2) is 4.59. The number of H-pyrrole nitrogens is 2. The van der Waals surface area contributed by atoms with Crippen molar-refractivity contribution in [3.8, 4) is 0 Å². The molecule has 0 fully saturated rings. The van der Waals surface area contributed by atoms with Gasteiger partial charge in [0.05, 0.1) is 0 Å². The Bertz CT molecular complexity index is 412. The van der Waals surface area contributed by atoms with Crippen LogP contribution in [0.15, 0.2) is 9.59 Å². The quantitative estimate of drug-likeness (QED) is 0.673. The number of nitrogens with zero attached hydrogens (tertiary/aromatic N) is 1. The highest BCUT2D eigenvalue weighted by Crippen LogP contribution is 1.99. The van der Waals surface area contributed by atoms with Gasteiger partial charge in [0.15, 0.2) is 0 Å². The number of nitrogens with one attached hydrogen (secondary N) is 2. The molecule has 0 amide bonds. The molecule has 1 aromatic heterocycles. The summed E-state index contributed by atoms with van der Waals surface area (Å²) in [6.07, 6.45) is 2.96. The Morgan fingerprint density at radius 2 is 2.07 bits per heavy atom. The Morgan fingerprint density at radius 3 is 2.57 bits per heavy atom. The van der Waals surface area contributed by atoms with Gasteiger partial charge in [0.2, 0.25) is 5.91 Å². The Kier molecular flexibility index (Phi) is 3.44. The van der Waals surface area contributed by atoms with Gasteiger partial charge in [-0.25, -0.2) is 14.7 Å². The van der Waals surface area contributed by atoms with Gasteiger partial charge in [-0.3, -0.25) is 9.78 Å². The van der Waals surface area contributed by atoms with Crippen molar-refractivity contribution in [2.75, 3.05) is 0 Å². The van der Waals surface area contributed by atoms with Crippen molar-refractivity contribution < 1.29 is 4.79 Å². The molecule has 0 atom stereocenters. The molecule has 6 nitrogen and oxygen atoms in total. The number of carbonyl (C=O) groups excluding carboxylic acids is 1. The first kappa shape index (κ1) is 10.5. The third kappa shape index (κ3) is 2.45. The summed E-state index contributed by atoms with van der Waals surface area (Å²) in [4.78, 5) is 34.9. The molecule has 0 saturated heterocycles. The Hall–Kier alpha value is -1.59. The molecule has 14 heavy (non-hydrogen) atoms. The predicted octanol–water partition coefficient (Wildman–Crippen LogP) is 0.0852. The Labute approximate surface area is 79.9 Å². The second-order valence-electron chi connectivity index (χ2n) is 3.06. The van der Waals surface area contributed by atoms with Crippen LogP contribution >= 0.6 is 0 Å². The van der Waals surface area contributed by atoms with Crippen molar-refractivity contribution in [3.63, 3.8) is 0 Å². The molecule has 0 aliphatic carbocycles. The van der Waals surface area contributed by atoms with Gasteiger partial charge in [-0.1, -0.05) is 19.8 Å². The SMILES string of the molecule is CCCCCC(=O)n1[nH]c(=O)[nH]c1=O. The van der Waals surface area contributed by atoms with E-state index in [0.29, 0.717) is 0 Å². The van der Waals surface area contributed by atoms with Crippen molar-refractivity contribution >= 4 is 5.91 Å². The largest absolute Gasteiger partial charge is 0.351 e. The maximum Gasteiger partial charge on any atom is 0.351 e. The van der Waals surface area contributed by atoms with E-state index in [1.807, 2.05) is 11.9 Å². The van der Waals surface area contributed by atoms with Gasteiger partial charge in [0, 0.05) is 6.42 Å². The average molecular weight is 199 g/mol. The van der Waals surface area contributed by atoms with E-state index in [1.54, 1.807) is 0 Å². The second-order valence-corrected chi connectivity index (χ2v) is 3.06. The van der Waals surface area contributed by atoms with Crippen LogP contribution in [0.2, 0.25) is 0 Å². The van der Waals surface area contributed by atoms with Gasteiger partial charge in [0.1, 0.15) is 0 Å². The zero-order valence-electron chi connectivity index (χ0n) is 8.00. The van der Waals surface area contributed by atoms with Crippen molar-refractivity contribution in [1.29, 1.82) is 0 Å². The normalized spacial score (nSPS) is 10.4. The number of hydrogen-bond acceptors (Lipinski definition) is 3. The highest BCUT2D eigenvalue weighted by Gasteiger charge is 2.08. The molecule has 0 bridgehead atoms. The van der Waals surface area contributed by atoms with Crippen LogP contribution in [-0.4, -0.2) is 20.7 Å². The molecule has 1 aromatic rings. The van der Waals surface area contributed by atoms with Gasteiger partial charge in [-0.2, -0.15) is 4.68 Å². The summed E-state index contributed by atoms with van der Waals surface area (Å²) in [5, 5.41) is 2.11. The topological polar surface area (TPSA) is 87.7 Å². The lowest BCUT2D eigenvalue weighted by Crippen LogP contribution is -2.25. The zero-order valence-corrected chi connectivity index (χ0v) is 8.00. The van der Waals surface area contributed by atoms with E-state index >= 15 is 0 Å². The highest BCUT2D eigenvalue weighted by atomic mass is 16.2. The van der Waals surface area contributed by atoms with E-state index in [4.69, 9.17) is 0 Å². The molecule has 0 aliphatic heterocycles. The summed E-state index contributed by atoms with van der Waals surface area (Å²) < 4.78 is 0.720. The van der Waals surface area contributed by atoms with Crippen molar-refractivity contribution in [2.24, 2.45) is 0 Å². The molecule has 0 aromatic carbocycles. The lowest BCUT2D eigenvalue weighted by molar-refractivity contribution is 0.0878. The van der Waals surface area contributed by atoms with E-state index in [0.717, 1.165) is 23.9 Å². The molecular weight excluding hydrogens is 186 g/mol. The summed E-state index contributed by atoms with van der Waals surface area (Å²) >= 11 is 0. The fourth-order valence-electron chi connectivity index (χ4n) is 1.15. The number of rotatable bonds is 4. The molecule has 0 radical (unpaired) electrons. The van der Waals surface area contributed by atoms with Crippen LogP contribution < -0.4 is 11.4 Å². The molecule has 0 spiro atoms. The maximum absolute atomic E-state index is 11.3. The molecule has 1 rings (SSSR count). The Morgan fingerprint density at radius 1 is 1.36 bits per heavy atom. The Balaban J connectivity index is 2.65. The van der Waals surface area contributed by atoms with Crippen molar-refractivity contribution in [1.82, 2.24) is 14.8 Å². The average Bonchev–Trinajstić information content (AvgIpc) is 2.45. The first-order chi connectivity index (χ1) is 6.65. The van der Waals surface area contributed by atoms with Crippen LogP contribution in [-0.2, 0) is 0 Å². The minimum absolute atomic E-state index is 0.279. The first-order valence-corrected chi connectivity index (χ1v) is 4.59. The van der Waals surface area contributed by atoms with Crippen LogP contribution in [0.5, 0.6) is 0 Å². The van der Waals surface area contributed by atoms with Crippen LogP contribution in [0.25, 0.3) is 0 Å². The molecule has 2 N–H and O–H groups in total. The minimum Gasteiger partial charge on any atom is -0.272 e. The summed E-state index contributed by atoms with van der Waals surface area (Å²) in [6, 6.07) is 0. The van der Waals surface area contributed by atoms with Crippen molar-refractivity contribution in [3.05, 3.63) is 21.0 Å². The fraction of sp³-hybridized carbons (Fsp3) is 0.625. The molecular formula is C8H13N3O3. The van der Waals surface area contributed by atoms with Crippen LogP contribution in [0.1, 0.15) is 37.4 Å². The minimum atomic E-state index is -0.698. The van der Waals surface area contributed by atoms with Gasteiger partial charge in [-0.05, 0) is 6.42 Å². The van der Waals surface area contributed by atoms with Gasteiger partial charge in [0.25, 0.3) is 0 Å². The molecule has 6 heteroatoms. The monoisotopic (exact) mass is 199 g/mol. The number of aromatic nitrogens is 3. The third-order valence-corrected chi connectivity index (χ3v) is 1.88. The molecule has 0 saturated carbocycles. The lowest BCUT2D eigenvalue weighted by atomic mass is 10.2. The lowest BCUT2D eigenvalue weighted by Gasteiger charge is -1.97. The maximum atomic E-state index is 11.3. The summed E-state index contributed by atoms with van der Waals surface area (Å²) in [6.45, 7) is 2.02. The van der Waals surface area contributed by atoms with Gasteiger partial charge < -0.3 is 0 Å². The van der Waals surface area contributed by atoms with Crippen LogP contribution in [0, 0.1) is 0 Å². The smallest absolute Gasteiger partial charge is 0.272 e. The van der Waals surface area contributed by atoms with Gasteiger partial charge >= 0.3 is 11.4 Å². The number of carbonyl (C=O) groups is 1. The standard InChI is InChI=1S/C8H13N3O3/c1-2-3-4-5-6(12)11-8(14)9-7(13)10-11/h2-5H2,1H3,(H2,9,10,13,14). The number of unbranched alkanes of at least 4 members (excludes halogenated alkanes) is 2. The summed E-state index contributed by atoms with van der Waals surface area (Å²) in [5.41, 5.74) is -1.35. The van der Waals surface area contributed by atoms with E-state index in [1.165, 1.54) is 0 Å². The third-order valence-electron chi connectivity index (χ3n) is 1.88. The number of aromatic amines is 2. The van der Waals surface area contributed by atoms with Crippen LogP contribution in [0.3, 0.4) is 0 Å². The fourth-order valence-corrected chi connectivity index (χ4v) is 1.15. The highest BCUT2D eigenvalue weighted by molar-refractivity contribution is 5.77. The molecule has 0 unspecified atom stereocenters. The van der Waals surface area contributed by atoms with Crippen LogP contribution in [0.4, 0.5) is 0 Å². The van der Waals surface area contributed by atoms with E-state index in [9.17, 15) is 14.4 Å². The van der Waals surface area contributed by atoms with Gasteiger partial charge in [-0.15, -0.1) is 0 Å². The molecule has 78 valence electrons. The molecule has 1 heterocycles. The van der Waals surface area contributed by atoms with Crippen molar-refractivity contribution in [2.45, 2.75) is 32.6 Å². The van der Waals surface area contributed by atoms with E-state index < -0.39 is 11.4 Å². The summed E-state index contributed by atoms with van der Waals surface area (Å²) in [7, 11) is 0. The predicted molar refractivity (Wildman–Crippen MR) is 50.4 cm³/mol. The van der Waals surface area contributed by atoms with E-state index in [2.05, 4.69) is 5.10 Å². The first-order valence-electron chi connectivity index (χ1n) is 4.59. The number of hydrogen-bond donors (Lipinski definition) is 2. The summed E-state index contributed by atoms with van der Waals surface area (Å²) in [5.74, 6) is -0.373. The van der Waals surface area contributed by atoms with E-state index in [-0.39, 0.29) is 12.3 Å². The zero-order chi connectivity index (χ0) is 10.6.